The molecule has 0 unspecified atom stereocenters. The van der Waals surface area contributed by atoms with Gasteiger partial charge in [-0.3, -0.25) is 9.59 Å². The normalized spacial score (nSPS) is 11.6. The Hall–Kier alpha value is -3.40. The first-order valence-electron chi connectivity index (χ1n) is 9.26. The smallest absolute Gasteiger partial charge is 0.251 e. The molecule has 0 bridgehead atoms. The number of carbonyl (C=O) groups is 2. The maximum Gasteiger partial charge on any atom is 0.251 e. The predicted octanol–water partition coefficient (Wildman–Crippen LogP) is 3.80. The Kier molecular flexibility index (Phi) is 5.90. The van der Waals surface area contributed by atoms with Crippen LogP contribution in [0, 0.1) is 13.8 Å². The van der Waals surface area contributed by atoms with Crippen LogP contribution in [0.5, 0.6) is 0 Å². The second-order valence-electron chi connectivity index (χ2n) is 6.95. The van der Waals surface area contributed by atoms with Gasteiger partial charge in [-0.15, -0.1) is 0 Å². The van der Waals surface area contributed by atoms with Gasteiger partial charge in [-0.05, 0) is 53.8 Å². The summed E-state index contributed by atoms with van der Waals surface area (Å²) in [6.07, 6.45) is 0.377. The summed E-state index contributed by atoms with van der Waals surface area (Å²) in [5, 5.41) is 2.78. The predicted molar refractivity (Wildman–Crippen MR) is 112 cm³/mol. The van der Waals surface area contributed by atoms with Crippen LogP contribution in [-0.4, -0.2) is 17.9 Å². The fourth-order valence-corrected chi connectivity index (χ4v) is 3.28. The van der Waals surface area contributed by atoms with Crippen molar-refractivity contribution in [1.82, 2.24) is 5.32 Å². The van der Waals surface area contributed by atoms with Gasteiger partial charge >= 0.3 is 0 Å². The van der Waals surface area contributed by atoms with E-state index in [0.29, 0.717) is 12.0 Å². The molecule has 3 aromatic rings. The van der Waals surface area contributed by atoms with Crippen molar-refractivity contribution >= 4 is 11.8 Å². The lowest BCUT2D eigenvalue weighted by atomic mass is 9.96. The number of hydrogen-bond donors (Lipinski definition) is 2. The number of primary amides is 1. The number of amides is 2. The molecular formula is C24H24N2O2. The third-order valence-electron chi connectivity index (χ3n) is 4.96. The minimum Gasteiger partial charge on any atom is -0.368 e. The zero-order valence-corrected chi connectivity index (χ0v) is 16.1. The molecule has 28 heavy (non-hydrogen) atoms. The summed E-state index contributed by atoms with van der Waals surface area (Å²) in [4.78, 5) is 24.6. The van der Waals surface area contributed by atoms with Gasteiger partial charge in [0.2, 0.25) is 5.91 Å². The van der Waals surface area contributed by atoms with Crippen molar-refractivity contribution < 1.29 is 9.59 Å². The van der Waals surface area contributed by atoms with Gasteiger partial charge in [0.25, 0.3) is 5.91 Å². The van der Waals surface area contributed by atoms with E-state index in [1.54, 1.807) is 12.1 Å². The number of rotatable bonds is 6. The van der Waals surface area contributed by atoms with Crippen molar-refractivity contribution in [2.45, 2.75) is 26.3 Å². The third kappa shape index (κ3) is 4.46. The van der Waals surface area contributed by atoms with E-state index in [4.69, 9.17) is 5.73 Å². The Balaban J connectivity index is 1.75. The molecule has 3 N–H and O–H groups in total. The number of nitrogens with one attached hydrogen (secondary N) is 1. The van der Waals surface area contributed by atoms with E-state index < -0.39 is 11.9 Å². The first-order valence-corrected chi connectivity index (χ1v) is 9.26. The molecule has 0 aliphatic heterocycles. The lowest BCUT2D eigenvalue weighted by molar-refractivity contribution is -0.119. The molecule has 0 aromatic heterocycles. The summed E-state index contributed by atoms with van der Waals surface area (Å²) in [5.74, 6) is -0.855. The molecule has 4 nitrogen and oxygen atoms in total. The van der Waals surface area contributed by atoms with Crippen molar-refractivity contribution in [1.29, 1.82) is 0 Å². The topological polar surface area (TPSA) is 72.2 Å². The van der Waals surface area contributed by atoms with Crippen molar-refractivity contribution in [3.63, 3.8) is 0 Å². The van der Waals surface area contributed by atoms with Crippen LogP contribution in [0.4, 0.5) is 0 Å². The van der Waals surface area contributed by atoms with Crippen LogP contribution in [0.1, 0.15) is 27.0 Å². The summed E-state index contributed by atoms with van der Waals surface area (Å²) in [5.41, 5.74) is 11.3. The summed E-state index contributed by atoms with van der Waals surface area (Å²) >= 11 is 0. The van der Waals surface area contributed by atoms with E-state index in [1.807, 2.05) is 74.5 Å². The van der Waals surface area contributed by atoms with Gasteiger partial charge in [0.1, 0.15) is 6.04 Å². The van der Waals surface area contributed by atoms with Crippen molar-refractivity contribution in [3.8, 4) is 11.1 Å². The van der Waals surface area contributed by atoms with Crippen LogP contribution in [0.2, 0.25) is 0 Å². The molecule has 0 aliphatic carbocycles. The zero-order valence-electron chi connectivity index (χ0n) is 16.1. The van der Waals surface area contributed by atoms with Crippen molar-refractivity contribution in [3.05, 3.63) is 95.1 Å². The monoisotopic (exact) mass is 372 g/mol. The van der Waals surface area contributed by atoms with E-state index in [-0.39, 0.29) is 5.91 Å². The summed E-state index contributed by atoms with van der Waals surface area (Å²) in [6, 6.07) is 22.4. The Morgan fingerprint density at radius 3 is 1.96 bits per heavy atom. The second-order valence-corrected chi connectivity index (χ2v) is 6.95. The van der Waals surface area contributed by atoms with Gasteiger partial charge in [0.15, 0.2) is 0 Å². The highest BCUT2D eigenvalue weighted by Gasteiger charge is 2.21. The average Bonchev–Trinajstić information content (AvgIpc) is 2.70. The minimum atomic E-state index is -0.763. The summed E-state index contributed by atoms with van der Waals surface area (Å²) < 4.78 is 0. The second kappa shape index (κ2) is 8.53. The van der Waals surface area contributed by atoms with E-state index in [9.17, 15) is 9.59 Å². The minimum absolute atomic E-state index is 0.311. The highest BCUT2D eigenvalue weighted by atomic mass is 16.2. The van der Waals surface area contributed by atoms with Crippen molar-refractivity contribution in [2.24, 2.45) is 5.73 Å². The van der Waals surface area contributed by atoms with Crippen LogP contribution in [0.15, 0.2) is 72.8 Å². The number of aryl methyl sites for hydroxylation is 2. The Bertz CT molecular complexity index is 959. The van der Waals surface area contributed by atoms with E-state index in [2.05, 4.69) is 5.32 Å². The molecule has 3 aromatic carbocycles. The van der Waals surface area contributed by atoms with Gasteiger partial charge < -0.3 is 11.1 Å². The van der Waals surface area contributed by atoms with Gasteiger partial charge in [-0.2, -0.15) is 0 Å². The highest BCUT2D eigenvalue weighted by molar-refractivity contribution is 5.97. The maximum atomic E-state index is 12.6. The van der Waals surface area contributed by atoms with Crippen LogP contribution < -0.4 is 11.1 Å². The van der Waals surface area contributed by atoms with Crippen LogP contribution in [-0.2, 0) is 11.2 Å². The highest BCUT2D eigenvalue weighted by Crippen LogP contribution is 2.20. The Labute approximate surface area is 165 Å². The molecule has 0 heterocycles. The fraction of sp³-hybridized carbons (Fsp3) is 0.167. The third-order valence-corrected chi connectivity index (χ3v) is 4.96. The molecule has 4 heteroatoms. The average molecular weight is 372 g/mol. The Morgan fingerprint density at radius 1 is 0.821 bits per heavy atom. The van der Waals surface area contributed by atoms with Crippen molar-refractivity contribution in [2.75, 3.05) is 0 Å². The Morgan fingerprint density at radius 2 is 1.39 bits per heavy atom. The van der Waals surface area contributed by atoms with Crippen LogP contribution >= 0.6 is 0 Å². The van der Waals surface area contributed by atoms with Gasteiger partial charge in [-0.25, -0.2) is 0 Å². The fourth-order valence-electron chi connectivity index (χ4n) is 3.28. The summed E-state index contributed by atoms with van der Waals surface area (Å²) in [7, 11) is 0. The molecule has 1 atom stereocenters. The maximum absolute atomic E-state index is 12.6. The van der Waals surface area contributed by atoms with E-state index in [0.717, 1.165) is 27.8 Å². The van der Waals surface area contributed by atoms with E-state index in [1.165, 1.54) is 0 Å². The number of carbonyl (C=O) groups excluding carboxylic acids is 2. The SMILES string of the molecule is Cc1cccc(C)c1C[C@@H](NC(=O)c1ccc(-c2ccccc2)cc1)C(N)=O. The van der Waals surface area contributed by atoms with Crippen LogP contribution in [0.25, 0.3) is 11.1 Å². The molecule has 142 valence electrons. The molecular weight excluding hydrogens is 348 g/mol. The molecule has 3 rings (SSSR count). The van der Waals surface area contributed by atoms with E-state index >= 15 is 0 Å². The number of benzene rings is 3. The molecule has 0 fully saturated rings. The zero-order chi connectivity index (χ0) is 20.1. The van der Waals surface area contributed by atoms with Gasteiger partial charge in [0.05, 0.1) is 0 Å². The van der Waals surface area contributed by atoms with Gasteiger partial charge in [-0.1, -0.05) is 60.7 Å². The standard InChI is InChI=1S/C24H24N2O2/c1-16-7-6-8-17(2)21(16)15-22(23(25)27)26-24(28)20-13-11-19(12-14-20)18-9-4-3-5-10-18/h3-14,22H,15H2,1-2H3,(H2,25,27)(H,26,28)/t22-/m1/s1. The molecule has 0 saturated heterocycles. The quantitative estimate of drug-likeness (QED) is 0.691. The molecule has 0 radical (unpaired) electrons. The van der Waals surface area contributed by atoms with Crippen LogP contribution in [0.3, 0.4) is 0 Å². The largest absolute Gasteiger partial charge is 0.368 e. The molecule has 2 amide bonds. The summed E-state index contributed by atoms with van der Waals surface area (Å²) in [6.45, 7) is 3.98. The first-order chi connectivity index (χ1) is 13.5. The van der Waals surface area contributed by atoms with Gasteiger partial charge in [0, 0.05) is 12.0 Å². The number of nitrogens with two attached hydrogens (primary N) is 1. The lowest BCUT2D eigenvalue weighted by Gasteiger charge is -2.18. The molecule has 0 aliphatic rings. The lowest BCUT2D eigenvalue weighted by Crippen LogP contribution is -2.46. The number of hydrogen-bond acceptors (Lipinski definition) is 2. The molecule has 0 spiro atoms. The first kappa shape index (κ1) is 19.4. The molecule has 0 saturated carbocycles.